The van der Waals surface area contributed by atoms with E-state index in [0.29, 0.717) is 39.1 Å². The number of hydrogen-bond acceptors (Lipinski definition) is 8. The number of nitrogens with one attached hydrogen (secondary N) is 2. The summed E-state index contributed by atoms with van der Waals surface area (Å²) in [7, 11) is 0. The smallest absolute Gasteiger partial charge is 0.328 e. The standard InChI is InChI=1S/C35H40F2N4O8/c1-5-6-7-8-22-16-27(48-29(42)11-13-40-32(44)25(36)18-38-34(40)46)31(24-15-21(4)9-10-23(24)20(2)3)28(17-22)49-30(43)12-14-41-33(45)26(37)19-39-35(41)47/h15-19,23-24H,2,5-14H2,1,3-4H3,(H,38,46)(H,39,47)/t23-,24?/m0/s1. The van der Waals surface area contributed by atoms with Gasteiger partial charge in [0.15, 0.2) is 0 Å². The van der Waals surface area contributed by atoms with Crippen molar-refractivity contribution < 1.29 is 27.8 Å². The number of aromatic amines is 2. The van der Waals surface area contributed by atoms with Crippen LogP contribution in [0.4, 0.5) is 8.78 Å². The molecule has 4 rings (SSSR count). The Hall–Kier alpha value is -5.14. The lowest BCUT2D eigenvalue weighted by Crippen LogP contribution is -2.37. The summed E-state index contributed by atoms with van der Waals surface area (Å²) in [6.45, 7) is 9.15. The second-order valence-electron chi connectivity index (χ2n) is 12.2. The van der Waals surface area contributed by atoms with E-state index in [0.717, 1.165) is 43.3 Å². The van der Waals surface area contributed by atoms with Crippen LogP contribution in [0.5, 0.6) is 11.5 Å². The van der Waals surface area contributed by atoms with Crippen molar-refractivity contribution in [1.82, 2.24) is 19.1 Å². The molecule has 0 radical (unpaired) electrons. The molecule has 3 aromatic rings. The van der Waals surface area contributed by atoms with Crippen LogP contribution in [0.2, 0.25) is 0 Å². The molecule has 1 unspecified atom stereocenters. The number of rotatable bonds is 14. The van der Waals surface area contributed by atoms with Crippen molar-refractivity contribution in [3.05, 3.63) is 113 Å². The minimum absolute atomic E-state index is 0.0993. The van der Waals surface area contributed by atoms with Gasteiger partial charge in [0.1, 0.15) is 11.5 Å². The lowest BCUT2D eigenvalue weighted by atomic mass is 9.73. The number of ether oxygens (including phenoxy) is 2. The number of allylic oxidation sites excluding steroid dienone is 3. The van der Waals surface area contributed by atoms with Gasteiger partial charge in [-0.2, -0.15) is 8.78 Å². The summed E-state index contributed by atoms with van der Waals surface area (Å²) in [5.74, 6) is -4.38. The van der Waals surface area contributed by atoms with Gasteiger partial charge in [-0.25, -0.2) is 9.59 Å². The molecule has 1 aliphatic rings. The monoisotopic (exact) mass is 682 g/mol. The average molecular weight is 683 g/mol. The van der Waals surface area contributed by atoms with E-state index in [9.17, 15) is 37.5 Å². The topological polar surface area (TPSA) is 162 Å². The molecule has 0 saturated heterocycles. The minimum atomic E-state index is -1.18. The highest BCUT2D eigenvalue weighted by atomic mass is 19.1. The summed E-state index contributed by atoms with van der Waals surface area (Å²) in [5, 5.41) is 0. The Morgan fingerprint density at radius 3 is 1.88 bits per heavy atom. The number of carbonyl (C=O) groups excluding carboxylic acids is 2. The average Bonchev–Trinajstić information content (AvgIpc) is 3.04. The number of nitrogens with zero attached hydrogens (tertiary/aromatic N) is 2. The maximum atomic E-state index is 13.8. The van der Waals surface area contributed by atoms with Crippen molar-refractivity contribution in [3.8, 4) is 11.5 Å². The molecule has 0 spiro atoms. The van der Waals surface area contributed by atoms with E-state index < -0.39 is 77.9 Å². The number of esters is 2. The van der Waals surface area contributed by atoms with E-state index in [1.54, 1.807) is 12.1 Å². The Morgan fingerprint density at radius 1 is 0.898 bits per heavy atom. The first-order chi connectivity index (χ1) is 23.3. The third-order valence-electron chi connectivity index (χ3n) is 8.51. The Kier molecular flexibility index (Phi) is 12.2. The predicted molar refractivity (Wildman–Crippen MR) is 177 cm³/mol. The molecule has 2 atom stereocenters. The summed E-state index contributed by atoms with van der Waals surface area (Å²) in [6.07, 6.45) is 7.06. The lowest BCUT2D eigenvalue weighted by Gasteiger charge is -2.32. The van der Waals surface area contributed by atoms with E-state index in [2.05, 4.69) is 16.5 Å². The number of hydrogen-bond donors (Lipinski definition) is 2. The van der Waals surface area contributed by atoms with E-state index in [-0.39, 0.29) is 17.4 Å². The van der Waals surface area contributed by atoms with Crippen molar-refractivity contribution in [2.75, 3.05) is 0 Å². The molecule has 2 heterocycles. The maximum Gasteiger partial charge on any atom is 0.328 e. The van der Waals surface area contributed by atoms with Crippen LogP contribution >= 0.6 is 0 Å². The molecule has 262 valence electrons. The Morgan fingerprint density at radius 2 is 1.41 bits per heavy atom. The van der Waals surface area contributed by atoms with Crippen LogP contribution in [-0.4, -0.2) is 31.0 Å². The lowest BCUT2D eigenvalue weighted by molar-refractivity contribution is -0.135. The van der Waals surface area contributed by atoms with E-state index >= 15 is 0 Å². The van der Waals surface area contributed by atoms with Gasteiger partial charge >= 0.3 is 23.3 Å². The fourth-order valence-electron chi connectivity index (χ4n) is 5.91. The molecule has 12 nitrogen and oxygen atoms in total. The normalized spacial score (nSPS) is 15.8. The van der Waals surface area contributed by atoms with Gasteiger partial charge in [-0.05, 0) is 63.1 Å². The first kappa shape index (κ1) is 36.7. The molecule has 0 bridgehead atoms. The van der Waals surface area contributed by atoms with Crippen molar-refractivity contribution in [1.29, 1.82) is 0 Å². The summed E-state index contributed by atoms with van der Waals surface area (Å²) < 4.78 is 40.6. The SMILES string of the molecule is C=C(C)[C@@H]1CCC(C)=CC1c1c(OC(=O)CCn2c(=O)[nH]cc(F)c2=O)cc(CCCCC)cc1OC(=O)CCn1c(=O)[nH]cc(F)c1=O. The first-order valence-corrected chi connectivity index (χ1v) is 16.2. The molecule has 0 amide bonds. The minimum Gasteiger partial charge on any atom is -0.426 e. The van der Waals surface area contributed by atoms with Crippen LogP contribution in [0.1, 0.15) is 82.8 Å². The second kappa shape index (κ2) is 16.3. The number of benzene rings is 1. The van der Waals surface area contributed by atoms with Gasteiger partial charge in [-0.1, -0.05) is 43.6 Å². The van der Waals surface area contributed by atoms with Gasteiger partial charge in [-0.3, -0.25) is 28.3 Å². The third-order valence-corrected chi connectivity index (χ3v) is 8.51. The second-order valence-corrected chi connectivity index (χ2v) is 12.2. The number of aromatic nitrogens is 4. The quantitative estimate of drug-likeness (QED) is 0.109. The van der Waals surface area contributed by atoms with Gasteiger partial charge in [-0.15, -0.1) is 0 Å². The Labute approximate surface area is 280 Å². The van der Waals surface area contributed by atoms with Gasteiger partial charge in [0.2, 0.25) is 11.6 Å². The number of halogens is 2. The highest BCUT2D eigenvalue weighted by molar-refractivity contribution is 5.76. The molecule has 14 heteroatoms. The van der Waals surface area contributed by atoms with E-state index in [4.69, 9.17) is 9.47 Å². The van der Waals surface area contributed by atoms with Gasteiger partial charge < -0.3 is 19.4 Å². The molecule has 2 aromatic heterocycles. The number of H-pyrrole nitrogens is 2. The molecule has 0 aliphatic heterocycles. The number of aryl methyl sites for hydroxylation is 1. The molecule has 49 heavy (non-hydrogen) atoms. The molecular formula is C35H40F2N4O8. The largest absolute Gasteiger partial charge is 0.426 e. The fourth-order valence-corrected chi connectivity index (χ4v) is 5.91. The highest BCUT2D eigenvalue weighted by Crippen LogP contribution is 2.47. The highest BCUT2D eigenvalue weighted by Gasteiger charge is 2.32. The molecule has 0 saturated carbocycles. The molecule has 0 fully saturated rings. The zero-order chi connectivity index (χ0) is 35.8. The summed E-state index contributed by atoms with van der Waals surface area (Å²) in [5.41, 5.74) is -1.15. The number of unbranched alkanes of at least 4 members (excludes halogenated alkanes) is 2. The molecular weight excluding hydrogens is 642 g/mol. The fraction of sp³-hybridized carbons (Fsp3) is 0.429. The summed E-state index contributed by atoms with van der Waals surface area (Å²) in [6, 6.07) is 3.39. The van der Waals surface area contributed by atoms with Crippen molar-refractivity contribution >= 4 is 11.9 Å². The van der Waals surface area contributed by atoms with Gasteiger partial charge in [0.25, 0.3) is 11.1 Å². The van der Waals surface area contributed by atoms with Crippen LogP contribution in [0.15, 0.2) is 67.5 Å². The Bertz CT molecular complexity index is 1890. The van der Waals surface area contributed by atoms with Crippen LogP contribution in [0.25, 0.3) is 0 Å². The third kappa shape index (κ3) is 9.06. The van der Waals surface area contributed by atoms with Gasteiger partial charge in [0.05, 0.1) is 12.8 Å². The zero-order valence-corrected chi connectivity index (χ0v) is 27.7. The van der Waals surface area contributed by atoms with Crippen LogP contribution < -0.4 is 32.0 Å². The molecule has 1 aromatic carbocycles. The van der Waals surface area contributed by atoms with Crippen LogP contribution in [-0.2, 0) is 29.1 Å². The first-order valence-electron chi connectivity index (χ1n) is 16.2. The maximum absolute atomic E-state index is 13.8. The molecule has 2 N–H and O–H groups in total. The van der Waals surface area contributed by atoms with Gasteiger partial charge in [0, 0.05) is 37.0 Å². The van der Waals surface area contributed by atoms with E-state index in [1.165, 1.54) is 0 Å². The zero-order valence-electron chi connectivity index (χ0n) is 27.7. The summed E-state index contributed by atoms with van der Waals surface area (Å²) >= 11 is 0. The van der Waals surface area contributed by atoms with Crippen molar-refractivity contribution in [3.63, 3.8) is 0 Å². The van der Waals surface area contributed by atoms with Crippen molar-refractivity contribution in [2.24, 2.45) is 5.92 Å². The summed E-state index contributed by atoms with van der Waals surface area (Å²) in [4.78, 5) is 79.4. The number of carbonyl (C=O) groups is 2. The predicted octanol–water partition coefficient (Wildman–Crippen LogP) is 4.40. The van der Waals surface area contributed by atoms with Crippen LogP contribution in [0.3, 0.4) is 0 Å². The Balaban J connectivity index is 1.75. The van der Waals surface area contributed by atoms with E-state index in [1.807, 2.05) is 26.8 Å². The van der Waals surface area contributed by atoms with Crippen molar-refractivity contribution in [2.45, 2.75) is 91.1 Å². The van der Waals surface area contributed by atoms with Crippen LogP contribution in [0, 0.1) is 17.6 Å². The molecule has 1 aliphatic carbocycles.